The Kier molecular flexibility index (Phi) is 20.2. The van der Waals surface area contributed by atoms with Gasteiger partial charge >= 0.3 is 11.7 Å². The zero-order valence-corrected chi connectivity index (χ0v) is 40.1. The highest BCUT2D eigenvalue weighted by Crippen LogP contribution is 2.45. The molecule has 4 amide bonds. The number of carboxylic acids is 1. The summed E-state index contributed by atoms with van der Waals surface area (Å²) in [6.07, 6.45) is 8.36. The summed E-state index contributed by atoms with van der Waals surface area (Å²) in [7, 11) is 0. The third-order valence-electron chi connectivity index (χ3n) is 11.9. The molecule has 2 aliphatic heterocycles. The third kappa shape index (κ3) is 16.2. The lowest BCUT2D eigenvalue weighted by molar-refractivity contribution is -0.385. The number of carbonyl (C=O) groups excluding carboxylic acids is 4. The lowest BCUT2D eigenvalue weighted by Gasteiger charge is -2.30. The molecule has 0 spiro atoms. The fourth-order valence-corrected chi connectivity index (χ4v) is 8.15. The number of hydrogen-bond acceptors (Lipinski definition) is 13. The molecule has 2 aliphatic rings. The molecule has 0 unspecified atom stereocenters. The van der Waals surface area contributed by atoms with Gasteiger partial charge in [0.15, 0.2) is 17.5 Å². The number of nitro benzene ring substituents is 2. The summed E-state index contributed by atoms with van der Waals surface area (Å²) in [6, 6.07) is 11.5. The minimum Gasteiger partial charge on any atom is -0.502 e. The lowest BCUT2D eigenvalue weighted by atomic mass is 9.96. The summed E-state index contributed by atoms with van der Waals surface area (Å²) in [4.78, 5) is 92.5. The maximum Gasteiger partial charge on any atom is 0.328 e. The molecular formula is C51H63N7O13. The summed E-state index contributed by atoms with van der Waals surface area (Å²) in [5, 5.41) is 57.3. The molecule has 5 atom stereocenters. The predicted molar refractivity (Wildman–Crippen MR) is 262 cm³/mol. The van der Waals surface area contributed by atoms with E-state index < -0.39 is 98.3 Å². The van der Waals surface area contributed by atoms with Gasteiger partial charge in [-0.05, 0) is 65.8 Å². The number of nitrogens with one attached hydrogen (secondary N) is 4. The van der Waals surface area contributed by atoms with Crippen molar-refractivity contribution in [2.75, 3.05) is 0 Å². The van der Waals surface area contributed by atoms with Crippen LogP contribution in [0.5, 0.6) is 28.7 Å². The maximum atomic E-state index is 14.9. The van der Waals surface area contributed by atoms with Gasteiger partial charge in [0.05, 0.1) is 21.9 Å². The van der Waals surface area contributed by atoms with Gasteiger partial charge in [0, 0.05) is 37.5 Å². The molecule has 0 aliphatic carbocycles. The number of fused-ring (bicyclic) bond motifs is 9. The van der Waals surface area contributed by atoms with Crippen molar-refractivity contribution in [3.63, 3.8) is 0 Å². The number of carbonyl (C=O) groups is 5. The van der Waals surface area contributed by atoms with Crippen molar-refractivity contribution in [1.29, 1.82) is 0 Å². The van der Waals surface area contributed by atoms with Crippen molar-refractivity contribution in [3.05, 3.63) is 122 Å². The number of nitrogens with zero attached hydrogens (tertiary/aromatic N) is 2. The molecule has 4 bridgehead atoms. The SMILES string of the molecule is CCCCCCCCCCCC(=O)N[C@@H](C(=O)O)[C@@H]1NC(=O)[C@@H](Cc2ccccc2)NC(=O)[C@@H](NC(=O)[C@H](N)CC(C)C)Cc2ccc(c([N+](=O)[O-])c2)Oc2cc1cc(Oc1ccc([N+](=O)[O-])cc1)c2O. The average Bonchev–Trinajstić information content (AvgIpc) is 3.33. The highest BCUT2D eigenvalue weighted by Gasteiger charge is 2.37. The number of phenolic OH excluding ortho intramolecular Hbond substituents is 1. The fraction of sp³-hybridized carbons (Fsp3) is 0.431. The number of rotatable bonds is 23. The number of aromatic hydroxyl groups is 1. The van der Waals surface area contributed by atoms with Crippen LogP contribution in [0.3, 0.4) is 0 Å². The van der Waals surface area contributed by atoms with E-state index in [4.69, 9.17) is 15.2 Å². The summed E-state index contributed by atoms with van der Waals surface area (Å²) < 4.78 is 12.0. The number of unbranched alkanes of at least 4 members (excludes halogenated alkanes) is 8. The number of amides is 4. The van der Waals surface area contributed by atoms with E-state index in [1.165, 1.54) is 30.7 Å². The molecule has 8 N–H and O–H groups in total. The summed E-state index contributed by atoms with van der Waals surface area (Å²) in [5.41, 5.74) is 5.86. The molecule has 20 heteroatoms. The number of hydrogen-bond donors (Lipinski definition) is 7. The normalized spacial score (nSPS) is 16.7. The van der Waals surface area contributed by atoms with Gasteiger partial charge in [0.1, 0.15) is 17.8 Å². The van der Waals surface area contributed by atoms with E-state index in [1.54, 1.807) is 30.3 Å². The first-order valence-corrected chi connectivity index (χ1v) is 23.9. The molecule has 0 fully saturated rings. The minimum atomic E-state index is -1.94. The van der Waals surface area contributed by atoms with E-state index in [2.05, 4.69) is 28.2 Å². The molecule has 20 nitrogen and oxygen atoms in total. The van der Waals surface area contributed by atoms with Gasteiger partial charge in [-0.3, -0.25) is 39.4 Å². The Bertz CT molecular complexity index is 2500. The quantitative estimate of drug-likeness (QED) is 0.0214. The molecular weight excluding hydrogens is 919 g/mol. The van der Waals surface area contributed by atoms with Crippen molar-refractivity contribution in [2.24, 2.45) is 11.7 Å². The predicted octanol–water partition coefficient (Wildman–Crippen LogP) is 7.58. The fourth-order valence-electron chi connectivity index (χ4n) is 8.15. The molecule has 0 saturated heterocycles. The van der Waals surface area contributed by atoms with Crippen LogP contribution < -0.4 is 36.5 Å². The van der Waals surface area contributed by atoms with E-state index in [1.807, 2.05) is 13.8 Å². The molecule has 2 heterocycles. The minimum absolute atomic E-state index is 0.00181. The second-order valence-corrected chi connectivity index (χ2v) is 18.1. The molecule has 6 rings (SSSR count). The van der Waals surface area contributed by atoms with Crippen LogP contribution in [0.2, 0.25) is 0 Å². The smallest absolute Gasteiger partial charge is 0.328 e. The summed E-state index contributed by atoms with van der Waals surface area (Å²) >= 11 is 0. The van der Waals surface area contributed by atoms with Gasteiger partial charge < -0.3 is 46.7 Å². The van der Waals surface area contributed by atoms with E-state index in [-0.39, 0.29) is 54.2 Å². The second kappa shape index (κ2) is 26.4. The summed E-state index contributed by atoms with van der Waals surface area (Å²) in [5.74, 6) is -6.98. The standard InChI is InChI=1S/C51H63N7O13/c1-4-5-6-7-8-9-10-11-15-18-44(59)55-46(51(64)65)45-34-29-42(70-36-22-20-35(21-23-36)57(66)67)47(60)43(30-34)71-41-24-19-33(28-40(41)58(68)69)27-39(53-48(61)37(52)25-31(2)3)49(62)54-38(50(63)56-45)26-32-16-13-12-14-17-32/h12-14,16-17,19-24,28-31,37-39,45-46,60H,4-11,15,18,25-27,52H2,1-3H3,(H,53,61)(H,54,62)(H,55,59)(H,56,63)(H,64,65)/t37-,38-,39+,45-,46-/m1/s1. The molecule has 4 aromatic rings. The average molecular weight is 982 g/mol. The Morgan fingerprint density at radius 3 is 2.13 bits per heavy atom. The van der Waals surface area contributed by atoms with E-state index in [0.717, 1.165) is 68.9 Å². The Hall–Kier alpha value is -7.61. The van der Waals surface area contributed by atoms with Crippen LogP contribution >= 0.6 is 0 Å². The van der Waals surface area contributed by atoms with Crippen LogP contribution in [0, 0.1) is 26.1 Å². The largest absolute Gasteiger partial charge is 0.502 e. The first kappa shape index (κ1) is 54.3. The number of carboxylic acid groups (broad SMARTS) is 1. The van der Waals surface area contributed by atoms with Crippen LogP contribution in [0.15, 0.2) is 84.9 Å². The topological polar surface area (TPSA) is 305 Å². The van der Waals surface area contributed by atoms with Crippen molar-refractivity contribution >= 4 is 41.0 Å². The first-order valence-electron chi connectivity index (χ1n) is 23.9. The lowest BCUT2D eigenvalue weighted by Crippen LogP contribution is -2.58. The van der Waals surface area contributed by atoms with Crippen LogP contribution in [-0.2, 0) is 36.8 Å². The van der Waals surface area contributed by atoms with Crippen LogP contribution in [0.1, 0.15) is 114 Å². The first-order chi connectivity index (χ1) is 33.9. The number of nitro groups is 2. The zero-order chi connectivity index (χ0) is 51.6. The number of non-ortho nitro benzene ring substituents is 1. The third-order valence-corrected chi connectivity index (χ3v) is 11.9. The molecule has 4 aromatic carbocycles. The highest BCUT2D eigenvalue weighted by molar-refractivity contribution is 5.94. The van der Waals surface area contributed by atoms with Crippen molar-refractivity contribution in [1.82, 2.24) is 21.3 Å². The van der Waals surface area contributed by atoms with Gasteiger partial charge in [0.2, 0.25) is 35.1 Å². The van der Waals surface area contributed by atoms with Crippen LogP contribution in [-0.4, -0.2) is 73.8 Å². The van der Waals surface area contributed by atoms with Crippen LogP contribution in [0.25, 0.3) is 0 Å². The number of phenols is 1. The Morgan fingerprint density at radius 2 is 1.51 bits per heavy atom. The number of benzene rings is 4. The van der Waals surface area contributed by atoms with Crippen molar-refractivity contribution < 1.29 is 53.5 Å². The van der Waals surface area contributed by atoms with Gasteiger partial charge in [-0.2, -0.15) is 0 Å². The molecule has 0 saturated carbocycles. The van der Waals surface area contributed by atoms with E-state index >= 15 is 0 Å². The van der Waals surface area contributed by atoms with Gasteiger partial charge in [0.25, 0.3) is 5.69 Å². The molecule has 380 valence electrons. The van der Waals surface area contributed by atoms with Crippen LogP contribution in [0.4, 0.5) is 11.4 Å². The Morgan fingerprint density at radius 1 is 0.845 bits per heavy atom. The van der Waals surface area contributed by atoms with Gasteiger partial charge in [-0.15, -0.1) is 0 Å². The Labute approximate surface area is 411 Å². The van der Waals surface area contributed by atoms with Crippen molar-refractivity contribution in [2.45, 2.75) is 134 Å². The molecule has 0 aromatic heterocycles. The van der Waals surface area contributed by atoms with Gasteiger partial charge in [-0.1, -0.05) is 109 Å². The van der Waals surface area contributed by atoms with Crippen molar-refractivity contribution in [3.8, 4) is 28.7 Å². The summed E-state index contributed by atoms with van der Waals surface area (Å²) in [6.45, 7) is 5.86. The molecule has 71 heavy (non-hydrogen) atoms. The number of ether oxygens (including phenoxy) is 2. The highest BCUT2D eigenvalue weighted by atomic mass is 16.6. The zero-order valence-electron chi connectivity index (χ0n) is 40.1. The number of nitrogens with two attached hydrogens (primary N) is 1. The second-order valence-electron chi connectivity index (χ2n) is 18.1. The monoisotopic (exact) mass is 981 g/mol. The van der Waals surface area contributed by atoms with E-state index in [0.29, 0.717) is 18.4 Å². The number of aliphatic carboxylic acids is 1. The molecule has 0 radical (unpaired) electrons. The maximum absolute atomic E-state index is 14.9. The van der Waals surface area contributed by atoms with Gasteiger partial charge in [-0.25, -0.2) is 4.79 Å². The van der Waals surface area contributed by atoms with E-state index in [9.17, 15) is 54.4 Å². The Balaban J connectivity index is 1.65.